The number of methoxy groups -OCH3 is 1. The molecule has 0 aromatic carbocycles. The van der Waals surface area contributed by atoms with Crippen molar-refractivity contribution in [3.8, 4) is 0 Å². The van der Waals surface area contributed by atoms with Crippen molar-refractivity contribution in [3.05, 3.63) is 23.5 Å². The molecule has 90 valence electrons. The van der Waals surface area contributed by atoms with Crippen LogP contribution in [0.25, 0.3) is 0 Å². The van der Waals surface area contributed by atoms with E-state index >= 15 is 0 Å². The topological polar surface area (TPSA) is 81.9 Å². The van der Waals surface area contributed by atoms with E-state index in [0.717, 1.165) is 0 Å². The lowest BCUT2D eigenvalue weighted by atomic mass is 10.6. The summed E-state index contributed by atoms with van der Waals surface area (Å²) >= 11 is 1.26. The van der Waals surface area contributed by atoms with Gasteiger partial charge in [-0.25, -0.2) is 9.78 Å². The Balaban J connectivity index is 1.83. The van der Waals surface area contributed by atoms with Crippen LogP contribution < -0.4 is 5.32 Å². The molecule has 0 aliphatic carbocycles. The van der Waals surface area contributed by atoms with Crippen LogP contribution in [0.1, 0.15) is 9.67 Å². The van der Waals surface area contributed by atoms with Gasteiger partial charge in [-0.3, -0.25) is 4.68 Å². The van der Waals surface area contributed by atoms with Crippen molar-refractivity contribution in [2.75, 3.05) is 19.0 Å². The van der Waals surface area contributed by atoms with E-state index < -0.39 is 0 Å². The second-order valence-electron chi connectivity index (χ2n) is 3.11. The first-order valence-electron chi connectivity index (χ1n) is 4.91. The molecule has 0 atom stereocenters. The first kappa shape index (κ1) is 11.5. The molecule has 0 aliphatic heterocycles. The summed E-state index contributed by atoms with van der Waals surface area (Å²) in [6.07, 6.45) is 4.90. The molecule has 2 rings (SSSR count). The molecule has 17 heavy (non-hydrogen) atoms. The first-order chi connectivity index (χ1) is 8.29. The van der Waals surface area contributed by atoms with Crippen LogP contribution in [0.5, 0.6) is 0 Å². The SMILES string of the molecule is COC(=O)c1cnc(NCCn2ccnn2)s1. The first-order valence-corrected chi connectivity index (χ1v) is 5.73. The van der Waals surface area contributed by atoms with E-state index in [4.69, 9.17) is 0 Å². The fraction of sp³-hybridized carbons (Fsp3) is 0.333. The highest BCUT2D eigenvalue weighted by Crippen LogP contribution is 2.18. The van der Waals surface area contributed by atoms with Crippen LogP contribution in [0.2, 0.25) is 0 Å². The second kappa shape index (κ2) is 5.39. The van der Waals surface area contributed by atoms with Crippen molar-refractivity contribution in [1.82, 2.24) is 20.0 Å². The summed E-state index contributed by atoms with van der Waals surface area (Å²) in [5.74, 6) is -0.369. The number of carbonyl (C=O) groups excluding carboxylic acids is 1. The number of nitrogens with one attached hydrogen (secondary N) is 1. The molecule has 1 N–H and O–H groups in total. The van der Waals surface area contributed by atoms with E-state index in [1.165, 1.54) is 24.6 Å². The Labute approximate surface area is 101 Å². The molecule has 0 spiro atoms. The summed E-state index contributed by atoms with van der Waals surface area (Å²) in [5.41, 5.74) is 0. The molecule has 2 aromatic rings. The van der Waals surface area contributed by atoms with E-state index in [0.29, 0.717) is 23.1 Å². The average molecular weight is 253 g/mol. The molecule has 8 heteroatoms. The number of rotatable bonds is 5. The van der Waals surface area contributed by atoms with Gasteiger partial charge >= 0.3 is 5.97 Å². The van der Waals surface area contributed by atoms with Crippen LogP contribution in [0.4, 0.5) is 5.13 Å². The Morgan fingerprint density at radius 2 is 2.53 bits per heavy atom. The van der Waals surface area contributed by atoms with Gasteiger partial charge in [0, 0.05) is 12.7 Å². The summed E-state index contributed by atoms with van der Waals surface area (Å²) in [6, 6.07) is 0. The zero-order valence-corrected chi connectivity index (χ0v) is 9.98. The zero-order chi connectivity index (χ0) is 12.1. The maximum absolute atomic E-state index is 11.2. The van der Waals surface area contributed by atoms with Gasteiger partial charge in [0.2, 0.25) is 0 Å². The highest BCUT2D eigenvalue weighted by molar-refractivity contribution is 7.17. The quantitative estimate of drug-likeness (QED) is 0.787. The Kier molecular flexibility index (Phi) is 3.66. The molecule has 0 amide bonds. The summed E-state index contributed by atoms with van der Waals surface area (Å²) in [4.78, 5) is 15.7. The summed E-state index contributed by atoms with van der Waals surface area (Å²) in [5, 5.41) is 11.3. The Morgan fingerprint density at radius 3 is 3.24 bits per heavy atom. The molecule has 7 nitrogen and oxygen atoms in total. The van der Waals surface area contributed by atoms with E-state index in [1.807, 2.05) is 0 Å². The van der Waals surface area contributed by atoms with Gasteiger partial charge < -0.3 is 10.1 Å². The predicted molar refractivity (Wildman–Crippen MR) is 62.0 cm³/mol. The summed E-state index contributed by atoms with van der Waals surface area (Å²) < 4.78 is 6.30. The van der Waals surface area contributed by atoms with Crippen molar-refractivity contribution >= 4 is 22.4 Å². The molecule has 0 fully saturated rings. The van der Waals surface area contributed by atoms with Crippen molar-refractivity contribution in [2.45, 2.75) is 6.54 Å². The highest BCUT2D eigenvalue weighted by atomic mass is 32.1. The van der Waals surface area contributed by atoms with E-state index in [-0.39, 0.29) is 5.97 Å². The third kappa shape index (κ3) is 3.00. The lowest BCUT2D eigenvalue weighted by Crippen LogP contribution is -2.10. The Bertz CT molecular complexity index is 481. The van der Waals surface area contributed by atoms with Crippen molar-refractivity contribution in [3.63, 3.8) is 0 Å². The highest BCUT2D eigenvalue weighted by Gasteiger charge is 2.09. The van der Waals surface area contributed by atoms with Crippen molar-refractivity contribution in [2.24, 2.45) is 0 Å². The van der Waals surface area contributed by atoms with Gasteiger partial charge in [0.25, 0.3) is 0 Å². The lowest BCUT2D eigenvalue weighted by molar-refractivity contribution is 0.0606. The molecule has 0 unspecified atom stereocenters. The molecule has 2 heterocycles. The van der Waals surface area contributed by atoms with Crippen LogP contribution in [-0.4, -0.2) is 39.6 Å². The zero-order valence-electron chi connectivity index (χ0n) is 9.16. The molecule has 0 saturated heterocycles. The van der Waals surface area contributed by atoms with Crippen LogP contribution >= 0.6 is 11.3 Å². The third-order valence-corrected chi connectivity index (χ3v) is 2.92. The lowest BCUT2D eigenvalue weighted by Gasteiger charge is -2.01. The maximum atomic E-state index is 11.2. The molecule has 0 bridgehead atoms. The second-order valence-corrected chi connectivity index (χ2v) is 4.14. The molecular weight excluding hydrogens is 242 g/mol. The Hall–Kier alpha value is -1.96. The third-order valence-electron chi connectivity index (χ3n) is 1.98. The molecule has 0 saturated carbocycles. The van der Waals surface area contributed by atoms with Gasteiger partial charge in [-0.1, -0.05) is 16.6 Å². The number of esters is 1. The minimum atomic E-state index is -0.369. The molecule has 0 radical (unpaired) electrons. The average Bonchev–Trinajstić information content (AvgIpc) is 2.99. The summed E-state index contributed by atoms with van der Waals surface area (Å²) in [7, 11) is 1.35. The minimum absolute atomic E-state index is 0.369. The number of hydrogen-bond acceptors (Lipinski definition) is 7. The number of thiazole rings is 1. The summed E-state index contributed by atoms with van der Waals surface area (Å²) in [6.45, 7) is 1.35. The maximum Gasteiger partial charge on any atom is 0.349 e. The van der Waals surface area contributed by atoms with Crippen LogP contribution in [0.3, 0.4) is 0 Å². The van der Waals surface area contributed by atoms with Gasteiger partial charge in [-0.15, -0.1) is 5.10 Å². The number of anilines is 1. The van der Waals surface area contributed by atoms with Gasteiger partial charge in [0.15, 0.2) is 5.13 Å². The van der Waals surface area contributed by atoms with E-state index in [2.05, 4.69) is 25.3 Å². The van der Waals surface area contributed by atoms with Gasteiger partial charge in [-0.05, 0) is 0 Å². The number of hydrogen-bond donors (Lipinski definition) is 1. The van der Waals surface area contributed by atoms with Gasteiger partial charge in [0.05, 0.1) is 26.0 Å². The number of carbonyl (C=O) groups is 1. The normalized spacial score (nSPS) is 10.2. The van der Waals surface area contributed by atoms with Crippen LogP contribution in [0, 0.1) is 0 Å². The molecular formula is C9H11N5O2S. The fourth-order valence-electron chi connectivity index (χ4n) is 1.18. The van der Waals surface area contributed by atoms with Crippen LogP contribution in [0.15, 0.2) is 18.6 Å². The standard InChI is InChI=1S/C9H11N5O2S/c1-16-8(15)7-6-11-9(17-7)10-2-4-14-5-3-12-13-14/h3,5-6H,2,4H2,1H3,(H,10,11). The van der Waals surface area contributed by atoms with Gasteiger partial charge in [0.1, 0.15) is 4.88 Å². The fourth-order valence-corrected chi connectivity index (χ4v) is 1.94. The smallest absolute Gasteiger partial charge is 0.349 e. The minimum Gasteiger partial charge on any atom is -0.465 e. The number of ether oxygens (including phenoxy) is 1. The number of aromatic nitrogens is 4. The molecule has 0 aliphatic rings. The van der Waals surface area contributed by atoms with Crippen LogP contribution in [-0.2, 0) is 11.3 Å². The van der Waals surface area contributed by atoms with Crippen molar-refractivity contribution in [1.29, 1.82) is 0 Å². The van der Waals surface area contributed by atoms with Crippen molar-refractivity contribution < 1.29 is 9.53 Å². The monoisotopic (exact) mass is 253 g/mol. The molecule has 2 aromatic heterocycles. The Morgan fingerprint density at radius 1 is 1.65 bits per heavy atom. The van der Waals surface area contributed by atoms with E-state index in [9.17, 15) is 4.79 Å². The number of nitrogens with zero attached hydrogens (tertiary/aromatic N) is 4. The van der Waals surface area contributed by atoms with E-state index in [1.54, 1.807) is 17.1 Å². The largest absolute Gasteiger partial charge is 0.465 e. The van der Waals surface area contributed by atoms with Gasteiger partial charge in [-0.2, -0.15) is 0 Å². The predicted octanol–water partition coefficient (Wildman–Crippen LogP) is 0.633.